The summed E-state index contributed by atoms with van der Waals surface area (Å²) in [5.74, 6) is 0.787. The van der Waals surface area contributed by atoms with Gasteiger partial charge >= 0.3 is 0 Å². The SMILES string of the molecule is Cn1ncc2c1C(COCC1CC1)CN(S(C)(=O)=O)C2. The van der Waals surface area contributed by atoms with Gasteiger partial charge in [-0.05, 0) is 18.8 Å². The zero-order valence-electron chi connectivity index (χ0n) is 11.9. The molecule has 0 saturated heterocycles. The fourth-order valence-electron chi connectivity index (χ4n) is 2.77. The highest BCUT2D eigenvalue weighted by Crippen LogP contribution is 2.32. The summed E-state index contributed by atoms with van der Waals surface area (Å²) < 4.78 is 32.7. The highest BCUT2D eigenvalue weighted by atomic mass is 32.2. The summed E-state index contributed by atoms with van der Waals surface area (Å²) in [6, 6.07) is 0. The average Bonchev–Trinajstić information content (AvgIpc) is 3.11. The maximum Gasteiger partial charge on any atom is 0.211 e. The Bertz CT molecular complexity index is 592. The molecule has 1 aromatic rings. The third-order valence-electron chi connectivity index (χ3n) is 4.06. The van der Waals surface area contributed by atoms with Gasteiger partial charge in [0.05, 0.1) is 19.1 Å². The first-order valence-corrected chi connectivity index (χ1v) is 8.83. The molecule has 2 aliphatic rings. The second-order valence-electron chi connectivity index (χ2n) is 5.91. The van der Waals surface area contributed by atoms with E-state index in [4.69, 9.17) is 4.74 Å². The van der Waals surface area contributed by atoms with E-state index < -0.39 is 10.0 Å². The lowest BCUT2D eigenvalue weighted by Gasteiger charge is -2.31. The van der Waals surface area contributed by atoms with Crippen LogP contribution in [0.1, 0.15) is 30.0 Å². The van der Waals surface area contributed by atoms with Crippen LogP contribution in [0.25, 0.3) is 0 Å². The van der Waals surface area contributed by atoms with E-state index in [2.05, 4.69) is 5.10 Å². The van der Waals surface area contributed by atoms with Crippen LogP contribution in [0.5, 0.6) is 0 Å². The fourth-order valence-corrected chi connectivity index (χ4v) is 3.60. The van der Waals surface area contributed by atoms with Crippen LogP contribution >= 0.6 is 0 Å². The molecule has 2 heterocycles. The number of ether oxygens (including phenoxy) is 1. The van der Waals surface area contributed by atoms with Crippen molar-refractivity contribution in [3.05, 3.63) is 17.5 Å². The number of hydrogen-bond donors (Lipinski definition) is 0. The van der Waals surface area contributed by atoms with Crippen molar-refractivity contribution in [3.63, 3.8) is 0 Å². The van der Waals surface area contributed by atoms with Crippen molar-refractivity contribution in [3.8, 4) is 0 Å². The van der Waals surface area contributed by atoms with E-state index in [1.165, 1.54) is 23.4 Å². The molecule has 0 radical (unpaired) electrons. The standard InChI is InChI=1S/C13H21N3O3S/c1-15-13-11(5-14-15)6-16(20(2,17)18)7-12(13)9-19-8-10-3-4-10/h5,10,12H,3-4,6-9H2,1-2H3. The van der Waals surface area contributed by atoms with Crippen LogP contribution in [0, 0.1) is 5.92 Å². The Labute approximate surface area is 119 Å². The summed E-state index contributed by atoms with van der Waals surface area (Å²) >= 11 is 0. The van der Waals surface area contributed by atoms with Gasteiger partial charge in [0.1, 0.15) is 0 Å². The average molecular weight is 299 g/mol. The molecule has 3 rings (SSSR count). The largest absolute Gasteiger partial charge is 0.380 e. The molecule has 112 valence electrons. The van der Waals surface area contributed by atoms with Crippen molar-refractivity contribution < 1.29 is 13.2 Å². The summed E-state index contributed by atoms with van der Waals surface area (Å²) in [6.45, 7) is 2.26. The molecule has 20 heavy (non-hydrogen) atoms. The first-order valence-electron chi connectivity index (χ1n) is 6.99. The molecule has 1 fully saturated rings. The number of aromatic nitrogens is 2. The highest BCUT2D eigenvalue weighted by molar-refractivity contribution is 7.88. The van der Waals surface area contributed by atoms with Crippen molar-refractivity contribution in [2.45, 2.75) is 25.3 Å². The first-order chi connectivity index (χ1) is 9.45. The third-order valence-corrected chi connectivity index (χ3v) is 5.28. The van der Waals surface area contributed by atoms with Crippen LogP contribution in [0.3, 0.4) is 0 Å². The second-order valence-corrected chi connectivity index (χ2v) is 7.89. The van der Waals surface area contributed by atoms with E-state index in [0.29, 0.717) is 19.7 Å². The second kappa shape index (κ2) is 5.13. The molecular formula is C13H21N3O3S. The van der Waals surface area contributed by atoms with Gasteiger partial charge in [-0.3, -0.25) is 4.68 Å². The molecular weight excluding hydrogens is 278 g/mol. The van der Waals surface area contributed by atoms with E-state index >= 15 is 0 Å². The Hall–Kier alpha value is -0.920. The third kappa shape index (κ3) is 2.89. The van der Waals surface area contributed by atoms with Gasteiger partial charge < -0.3 is 4.74 Å². The van der Waals surface area contributed by atoms with Gasteiger partial charge in [-0.1, -0.05) is 0 Å². The molecule has 0 bridgehead atoms. The molecule has 0 amide bonds. The number of sulfonamides is 1. The Morgan fingerprint density at radius 3 is 2.80 bits per heavy atom. The minimum Gasteiger partial charge on any atom is -0.380 e. The maximum atomic E-state index is 11.8. The van der Waals surface area contributed by atoms with E-state index in [1.54, 1.807) is 6.20 Å². The van der Waals surface area contributed by atoms with Crippen LogP contribution in [0.2, 0.25) is 0 Å². The highest BCUT2D eigenvalue weighted by Gasteiger charge is 2.33. The molecule has 0 aromatic carbocycles. The molecule has 0 N–H and O–H groups in total. The van der Waals surface area contributed by atoms with Crippen molar-refractivity contribution in [2.24, 2.45) is 13.0 Å². The van der Waals surface area contributed by atoms with E-state index in [1.807, 2.05) is 11.7 Å². The van der Waals surface area contributed by atoms with Crippen LogP contribution < -0.4 is 0 Å². The predicted molar refractivity (Wildman–Crippen MR) is 74.7 cm³/mol. The predicted octanol–water partition coefficient (Wildman–Crippen LogP) is 0.706. The number of rotatable bonds is 5. The quantitative estimate of drug-likeness (QED) is 0.803. The van der Waals surface area contributed by atoms with Gasteiger partial charge in [0, 0.05) is 43.9 Å². The minimum atomic E-state index is -3.18. The Balaban J connectivity index is 1.76. The number of aryl methyl sites for hydroxylation is 1. The van der Waals surface area contributed by atoms with Crippen LogP contribution in [-0.4, -0.2) is 48.5 Å². The van der Waals surface area contributed by atoms with Gasteiger partial charge in [-0.2, -0.15) is 9.40 Å². The van der Waals surface area contributed by atoms with Gasteiger partial charge in [-0.15, -0.1) is 0 Å². The molecule has 1 aromatic heterocycles. The molecule has 1 aliphatic carbocycles. The number of hydrogen-bond acceptors (Lipinski definition) is 4. The normalized spacial score (nSPS) is 23.8. The summed E-state index contributed by atoms with van der Waals surface area (Å²) in [5.41, 5.74) is 2.10. The maximum absolute atomic E-state index is 11.8. The van der Waals surface area contributed by atoms with Crippen molar-refractivity contribution in [1.82, 2.24) is 14.1 Å². The summed E-state index contributed by atoms with van der Waals surface area (Å²) in [7, 11) is -1.27. The summed E-state index contributed by atoms with van der Waals surface area (Å²) in [6.07, 6.45) is 5.55. The number of fused-ring (bicyclic) bond motifs is 1. The monoisotopic (exact) mass is 299 g/mol. The van der Waals surface area contributed by atoms with E-state index in [-0.39, 0.29) is 5.92 Å². The fraction of sp³-hybridized carbons (Fsp3) is 0.769. The van der Waals surface area contributed by atoms with E-state index in [9.17, 15) is 8.42 Å². The lowest BCUT2D eigenvalue weighted by atomic mass is 9.99. The zero-order valence-corrected chi connectivity index (χ0v) is 12.8. The molecule has 6 nitrogen and oxygen atoms in total. The van der Waals surface area contributed by atoms with Crippen LogP contribution in [0.4, 0.5) is 0 Å². The topological polar surface area (TPSA) is 64.4 Å². The van der Waals surface area contributed by atoms with Crippen LogP contribution in [0.15, 0.2) is 6.20 Å². The van der Waals surface area contributed by atoms with Crippen molar-refractivity contribution >= 4 is 10.0 Å². The smallest absolute Gasteiger partial charge is 0.211 e. The lowest BCUT2D eigenvalue weighted by Crippen LogP contribution is -2.39. The molecule has 0 spiro atoms. The molecule has 1 unspecified atom stereocenters. The summed E-state index contributed by atoms with van der Waals surface area (Å²) in [5, 5.41) is 4.26. The van der Waals surface area contributed by atoms with Gasteiger partial charge in [0.2, 0.25) is 10.0 Å². The van der Waals surface area contributed by atoms with Gasteiger partial charge in [-0.25, -0.2) is 8.42 Å². The Kier molecular flexibility index (Phi) is 3.60. The zero-order chi connectivity index (χ0) is 14.3. The molecule has 1 aliphatic heterocycles. The minimum absolute atomic E-state index is 0.0692. The Morgan fingerprint density at radius 1 is 1.40 bits per heavy atom. The number of nitrogens with zero attached hydrogens (tertiary/aromatic N) is 3. The van der Waals surface area contributed by atoms with Crippen molar-refractivity contribution in [2.75, 3.05) is 26.0 Å². The van der Waals surface area contributed by atoms with Crippen molar-refractivity contribution in [1.29, 1.82) is 0 Å². The van der Waals surface area contributed by atoms with Gasteiger partial charge in [0.25, 0.3) is 0 Å². The first kappa shape index (κ1) is 14.0. The lowest BCUT2D eigenvalue weighted by molar-refractivity contribution is 0.0998. The van der Waals surface area contributed by atoms with Gasteiger partial charge in [0.15, 0.2) is 0 Å². The molecule has 1 saturated carbocycles. The van der Waals surface area contributed by atoms with Crippen LogP contribution in [-0.2, 0) is 28.4 Å². The Morgan fingerprint density at radius 2 is 2.15 bits per heavy atom. The molecule has 1 atom stereocenters. The summed E-state index contributed by atoms with van der Waals surface area (Å²) in [4.78, 5) is 0. The molecule has 7 heteroatoms. The van der Waals surface area contributed by atoms with E-state index in [0.717, 1.165) is 23.8 Å².